The predicted octanol–water partition coefficient (Wildman–Crippen LogP) is 6.34. The average Bonchev–Trinajstić information content (AvgIpc) is 3.42. The number of rotatable bonds is 11. The molecule has 4 aromatic carbocycles. The monoisotopic (exact) mass is 747 g/mol. The van der Waals surface area contributed by atoms with Gasteiger partial charge >= 0.3 is 6.09 Å². The van der Waals surface area contributed by atoms with Gasteiger partial charge in [-0.25, -0.2) is 4.79 Å². The molecule has 0 saturated carbocycles. The summed E-state index contributed by atoms with van der Waals surface area (Å²) in [4.78, 5) is 40.7. The highest BCUT2D eigenvalue weighted by Gasteiger charge is 2.58. The molecular formula is C44H49NO8Si. The standard InChI is InChI=1S/C44H49NO8Si/c1-28(24-29-21-23-37(47)34-19-13-12-18-33(29)34)20-22-38(48)39-30(25-35-40(36(39)26-46)42(50)45(41(35)49)43(51)52-5)27-53-54(44(2,3)4,31-14-8-6-9-15-31)32-16-10-7-11-17-32/h6-19,21,23-24,35-36,38,40,46-48H,20,22,25-27H2,1-5H3/b28-24+/t35-,36+,38-,40-/m1/s1. The summed E-state index contributed by atoms with van der Waals surface area (Å²) in [6.07, 6.45) is 0.715. The van der Waals surface area contributed by atoms with Crippen molar-refractivity contribution in [2.24, 2.45) is 17.8 Å². The molecule has 1 saturated heterocycles. The number of likely N-dealkylation sites (tertiary alicyclic amines) is 1. The molecule has 2 aliphatic rings. The first-order valence-electron chi connectivity index (χ1n) is 18.4. The molecule has 1 aliphatic carbocycles. The highest BCUT2D eigenvalue weighted by atomic mass is 28.4. The summed E-state index contributed by atoms with van der Waals surface area (Å²) in [6.45, 7) is 8.00. The minimum Gasteiger partial charge on any atom is -0.507 e. The van der Waals surface area contributed by atoms with Gasteiger partial charge in [-0.3, -0.25) is 9.59 Å². The van der Waals surface area contributed by atoms with Gasteiger partial charge in [-0.15, -0.1) is 0 Å². The van der Waals surface area contributed by atoms with Crippen molar-refractivity contribution in [1.82, 2.24) is 4.90 Å². The number of aromatic hydroxyl groups is 1. The third-order valence-electron chi connectivity index (χ3n) is 11.1. The molecule has 0 spiro atoms. The Balaban J connectivity index is 1.40. The average molecular weight is 748 g/mol. The van der Waals surface area contributed by atoms with Crippen LogP contribution in [0.25, 0.3) is 16.8 Å². The third-order valence-corrected chi connectivity index (χ3v) is 16.1. The van der Waals surface area contributed by atoms with Crippen molar-refractivity contribution < 1.29 is 38.9 Å². The molecule has 3 amide bonds. The van der Waals surface area contributed by atoms with E-state index >= 15 is 0 Å². The Labute approximate surface area is 317 Å². The largest absolute Gasteiger partial charge is 0.507 e. The minimum atomic E-state index is -3.08. The molecule has 282 valence electrons. The van der Waals surface area contributed by atoms with Crippen LogP contribution in [-0.2, 0) is 18.8 Å². The first kappa shape index (κ1) is 38.8. The maximum Gasteiger partial charge on any atom is 0.423 e. The Morgan fingerprint density at radius 1 is 0.907 bits per heavy atom. The molecule has 0 bridgehead atoms. The van der Waals surface area contributed by atoms with E-state index in [1.54, 1.807) is 6.07 Å². The number of ether oxygens (including phenoxy) is 1. The van der Waals surface area contributed by atoms with Crippen LogP contribution < -0.4 is 10.4 Å². The van der Waals surface area contributed by atoms with Crippen molar-refractivity contribution in [3.8, 4) is 5.75 Å². The zero-order valence-corrected chi connectivity index (χ0v) is 32.5. The number of imide groups is 3. The van der Waals surface area contributed by atoms with Crippen LogP contribution in [0.1, 0.15) is 52.5 Å². The molecule has 6 rings (SSSR count). The quantitative estimate of drug-likeness (QED) is 0.0920. The molecule has 1 fully saturated rings. The van der Waals surface area contributed by atoms with Gasteiger partial charge in [0, 0.05) is 11.3 Å². The molecule has 9 nitrogen and oxygen atoms in total. The van der Waals surface area contributed by atoms with E-state index < -0.39 is 56.7 Å². The number of nitrogens with zero attached hydrogens (tertiary/aromatic N) is 1. The van der Waals surface area contributed by atoms with E-state index in [1.165, 1.54) is 0 Å². The number of allylic oxidation sites excluding steroid dienone is 1. The van der Waals surface area contributed by atoms with Crippen molar-refractivity contribution >= 4 is 53.4 Å². The Kier molecular flexibility index (Phi) is 11.4. The van der Waals surface area contributed by atoms with Crippen LogP contribution in [0.3, 0.4) is 0 Å². The highest BCUT2D eigenvalue weighted by molar-refractivity contribution is 6.99. The minimum absolute atomic E-state index is 0.0490. The Morgan fingerprint density at radius 3 is 2.07 bits per heavy atom. The van der Waals surface area contributed by atoms with Crippen molar-refractivity contribution in [1.29, 1.82) is 0 Å². The van der Waals surface area contributed by atoms with E-state index in [0.717, 1.165) is 39.4 Å². The number of phenols is 1. The topological polar surface area (TPSA) is 134 Å². The lowest BCUT2D eigenvalue weighted by molar-refractivity contribution is -0.137. The number of methoxy groups -OCH3 is 1. The fraction of sp³-hybridized carbons (Fsp3) is 0.341. The summed E-state index contributed by atoms with van der Waals surface area (Å²) in [6, 6.07) is 31.4. The maximum absolute atomic E-state index is 13.8. The number of carbonyl (C=O) groups is 3. The van der Waals surface area contributed by atoms with Crippen molar-refractivity contribution in [2.45, 2.75) is 58.1 Å². The number of carbonyl (C=O) groups excluding carboxylic acids is 3. The molecule has 4 aromatic rings. The fourth-order valence-corrected chi connectivity index (χ4v) is 13.2. The second-order valence-corrected chi connectivity index (χ2v) is 19.7. The lowest BCUT2D eigenvalue weighted by Crippen LogP contribution is -2.66. The molecule has 10 heteroatoms. The van der Waals surface area contributed by atoms with Crippen LogP contribution in [-0.4, -0.2) is 72.9 Å². The van der Waals surface area contributed by atoms with E-state index in [9.17, 15) is 29.7 Å². The molecule has 0 aromatic heterocycles. The van der Waals surface area contributed by atoms with Gasteiger partial charge in [-0.05, 0) is 69.8 Å². The maximum atomic E-state index is 13.8. The van der Waals surface area contributed by atoms with Gasteiger partial charge in [-0.2, -0.15) is 4.90 Å². The van der Waals surface area contributed by atoms with E-state index in [4.69, 9.17) is 9.16 Å². The molecule has 1 aliphatic heterocycles. The number of aliphatic hydroxyl groups is 2. The van der Waals surface area contributed by atoms with Gasteiger partial charge in [0.15, 0.2) is 0 Å². The number of hydrogen-bond donors (Lipinski definition) is 3. The van der Waals surface area contributed by atoms with Gasteiger partial charge in [0.2, 0.25) is 11.8 Å². The van der Waals surface area contributed by atoms with E-state index in [2.05, 4.69) is 45.0 Å². The summed E-state index contributed by atoms with van der Waals surface area (Å²) in [5.74, 6) is -4.09. The summed E-state index contributed by atoms with van der Waals surface area (Å²) in [5.41, 5.74) is 3.04. The summed E-state index contributed by atoms with van der Waals surface area (Å²) in [7, 11) is -1.97. The summed E-state index contributed by atoms with van der Waals surface area (Å²) < 4.78 is 12.1. The van der Waals surface area contributed by atoms with Crippen molar-refractivity contribution in [2.75, 3.05) is 20.3 Å². The molecule has 54 heavy (non-hydrogen) atoms. The smallest absolute Gasteiger partial charge is 0.423 e. The zero-order valence-electron chi connectivity index (χ0n) is 31.5. The number of phenolic OH excluding ortho intramolecular Hbond substituents is 1. The number of aliphatic hydroxyl groups excluding tert-OH is 2. The molecular weight excluding hydrogens is 699 g/mol. The van der Waals surface area contributed by atoms with Gasteiger partial charge in [0.1, 0.15) is 5.75 Å². The van der Waals surface area contributed by atoms with Crippen LogP contribution in [0.15, 0.2) is 114 Å². The second-order valence-electron chi connectivity index (χ2n) is 15.4. The SMILES string of the molecule is COC(=O)N1C(=O)[C@@H]2[C@@H](CC(CO[Si](c3ccccc3)(c3ccccc3)C(C)(C)C)=C([C@H](O)CC/C(C)=C/c3ccc(O)c4ccccc34)[C@@H]2CO)C1=O. The van der Waals surface area contributed by atoms with E-state index in [0.29, 0.717) is 22.5 Å². The zero-order chi connectivity index (χ0) is 38.8. The van der Waals surface area contributed by atoms with Gasteiger partial charge < -0.3 is 24.5 Å². The fourth-order valence-electron chi connectivity index (χ4n) is 8.61. The van der Waals surface area contributed by atoms with Gasteiger partial charge in [0.25, 0.3) is 8.32 Å². The van der Waals surface area contributed by atoms with Gasteiger partial charge in [-0.1, -0.05) is 123 Å². The Hall–Kier alpha value is -4.87. The first-order chi connectivity index (χ1) is 25.8. The van der Waals surface area contributed by atoms with Crippen LogP contribution >= 0.6 is 0 Å². The summed E-state index contributed by atoms with van der Waals surface area (Å²) in [5, 5.41) is 36.9. The van der Waals surface area contributed by atoms with Gasteiger partial charge in [0.05, 0.1) is 38.3 Å². The van der Waals surface area contributed by atoms with Crippen molar-refractivity contribution in [3.05, 3.63) is 119 Å². The van der Waals surface area contributed by atoms with Crippen molar-refractivity contribution in [3.63, 3.8) is 0 Å². The second kappa shape index (κ2) is 15.8. The molecule has 0 radical (unpaired) electrons. The summed E-state index contributed by atoms with van der Waals surface area (Å²) >= 11 is 0. The Bertz CT molecular complexity index is 2050. The highest BCUT2D eigenvalue weighted by Crippen LogP contribution is 2.47. The van der Waals surface area contributed by atoms with Crippen LogP contribution in [0.4, 0.5) is 4.79 Å². The number of amides is 3. The molecule has 0 unspecified atom stereocenters. The molecule has 1 heterocycles. The van der Waals surface area contributed by atoms with Crippen LogP contribution in [0, 0.1) is 17.8 Å². The number of fused-ring (bicyclic) bond motifs is 2. The molecule has 4 atom stereocenters. The normalized spacial score (nSPS) is 20.0. The Morgan fingerprint density at radius 2 is 1.50 bits per heavy atom. The number of hydrogen-bond acceptors (Lipinski definition) is 8. The third kappa shape index (κ3) is 7.07. The van der Waals surface area contributed by atoms with E-state index in [-0.39, 0.29) is 30.2 Å². The van der Waals surface area contributed by atoms with E-state index in [1.807, 2.05) is 79.7 Å². The molecule has 3 N–H and O–H groups in total. The lowest BCUT2D eigenvalue weighted by Gasteiger charge is -2.44. The van der Waals surface area contributed by atoms with Crippen LogP contribution in [0.2, 0.25) is 5.04 Å². The van der Waals surface area contributed by atoms with Crippen LogP contribution in [0.5, 0.6) is 5.75 Å². The number of benzene rings is 4. The lowest BCUT2D eigenvalue weighted by atomic mass is 9.68. The predicted molar refractivity (Wildman–Crippen MR) is 212 cm³/mol. The first-order valence-corrected chi connectivity index (χ1v) is 20.3.